The van der Waals surface area contributed by atoms with Crippen LogP contribution < -0.4 is 16.8 Å². The second kappa shape index (κ2) is 5.97. The van der Waals surface area contributed by atoms with Crippen LogP contribution in [0.1, 0.15) is 25.6 Å². The van der Waals surface area contributed by atoms with Crippen LogP contribution in [0.3, 0.4) is 0 Å². The number of carbonyl (C=O) groups is 1. The maximum Gasteiger partial charge on any atom is 0.222 e. The third-order valence-electron chi connectivity index (χ3n) is 2.95. The first kappa shape index (κ1) is 15.1. The van der Waals surface area contributed by atoms with Gasteiger partial charge in [0, 0.05) is 17.5 Å². The minimum atomic E-state index is -0.347. The second-order valence-corrected chi connectivity index (χ2v) is 5.09. The van der Waals surface area contributed by atoms with Gasteiger partial charge in [-0.05, 0) is 24.6 Å². The summed E-state index contributed by atoms with van der Waals surface area (Å²) in [5, 5.41) is 3.38. The number of aromatic nitrogens is 2. The molecule has 1 aromatic heterocycles. The van der Waals surface area contributed by atoms with Crippen molar-refractivity contribution in [1.29, 1.82) is 0 Å². The third kappa shape index (κ3) is 3.41. The van der Waals surface area contributed by atoms with Gasteiger partial charge < -0.3 is 16.8 Å². The summed E-state index contributed by atoms with van der Waals surface area (Å²) < 4.78 is 0. The van der Waals surface area contributed by atoms with E-state index in [0.29, 0.717) is 16.3 Å². The molecule has 0 aliphatic rings. The molecule has 7 heteroatoms. The van der Waals surface area contributed by atoms with Crippen LogP contribution in [0.2, 0.25) is 5.02 Å². The fraction of sp³-hybridized carbons (Fsp3) is 0.214. The number of nitrogens with two attached hydrogens (primary N) is 2. The first-order valence-electron chi connectivity index (χ1n) is 6.34. The minimum absolute atomic E-state index is 0.0671. The van der Waals surface area contributed by atoms with E-state index in [0.717, 1.165) is 5.56 Å². The van der Waals surface area contributed by atoms with Gasteiger partial charge in [-0.1, -0.05) is 23.7 Å². The van der Waals surface area contributed by atoms with Gasteiger partial charge in [-0.25, -0.2) is 4.98 Å². The van der Waals surface area contributed by atoms with Crippen LogP contribution in [0.5, 0.6) is 0 Å². The Morgan fingerprint density at radius 1 is 1.24 bits per heavy atom. The highest BCUT2D eigenvalue weighted by Gasteiger charge is 2.19. The topological polar surface area (TPSA) is 107 Å². The summed E-state index contributed by atoms with van der Waals surface area (Å²) in [5.41, 5.74) is 13.7. The van der Waals surface area contributed by atoms with E-state index in [4.69, 9.17) is 23.1 Å². The van der Waals surface area contributed by atoms with Crippen molar-refractivity contribution in [3.8, 4) is 11.1 Å². The SMILES string of the molecule is CC(=O)NC(C)c1nc(N)nc(N)c1-c1ccc(Cl)cc1. The number of rotatable bonds is 3. The van der Waals surface area contributed by atoms with Gasteiger partial charge in [-0.3, -0.25) is 4.79 Å². The fourth-order valence-electron chi connectivity index (χ4n) is 2.11. The maximum atomic E-state index is 11.3. The molecule has 0 fully saturated rings. The summed E-state index contributed by atoms with van der Waals surface area (Å²) in [7, 11) is 0. The van der Waals surface area contributed by atoms with Crippen molar-refractivity contribution in [2.75, 3.05) is 11.5 Å². The predicted molar refractivity (Wildman–Crippen MR) is 83.5 cm³/mol. The summed E-state index contributed by atoms with van der Waals surface area (Å²) in [4.78, 5) is 19.5. The monoisotopic (exact) mass is 305 g/mol. The summed E-state index contributed by atoms with van der Waals surface area (Å²) in [6.07, 6.45) is 0. The molecule has 0 radical (unpaired) electrons. The average Bonchev–Trinajstić information content (AvgIpc) is 2.38. The Kier molecular flexibility index (Phi) is 4.28. The lowest BCUT2D eigenvalue weighted by molar-refractivity contribution is -0.119. The Hall–Kier alpha value is -2.34. The van der Waals surface area contributed by atoms with E-state index in [1.165, 1.54) is 6.92 Å². The maximum absolute atomic E-state index is 11.3. The van der Waals surface area contributed by atoms with Crippen molar-refractivity contribution < 1.29 is 4.79 Å². The van der Waals surface area contributed by atoms with Crippen LogP contribution in [0.25, 0.3) is 11.1 Å². The molecular weight excluding hydrogens is 290 g/mol. The predicted octanol–water partition coefficient (Wildman–Crippen LogP) is 2.16. The van der Waals surface area contributed by atoms with E-state index < -0.39 is 0 Å². The highest BCUT2D eigenvalue weighted by atomic mass is 35.5. The number of benzene rings is 1. The third-order valence-corrected chi connectivity index (χ3v) is 3.20. The standard InChI is InChI=1S/C14H16ClN5O/c1-7(18-8(2)21)12-11(13(16)20-14(17)19-12)9-3-5-10(15)6-4-9/h3-7H,1-2H3,(H,18,21)(H4,16,17,19,20). The summed E-state index contributed by atoms with van der Waals surface area (Å²) in [6, 6.07) is 6.79. The van der Waals surface area contributed by atoms with Crippen LogP contribution in [-0.2, 0) is 4.79 Å². The van der Waals surface area contributed by atoms with Crippen molar-refractivity contribution in [3.63, 3.8) is 0 Å². The van der Waals surface area contributed by atoms with Crippen LogP contribution in [0, 0.1) is 0 Å². The lowest BCUT2D eigenvalue weighted by Crippen LogP contribution is -2.25. The molecule has 1 atom stereocenters. The molecule has 1 amide bonds. The Bertz CT molecular complexity index is 672. The molecule has 2 rings (SSSR count). The fourth-order valence-corrected chi connectivity index (χ4v) is 2.24. The highest BCUT2D eigenvalue weighted by molar-refractivity contribution is 6.30. The molecule has 1 aromatic carbocycles. The summed E-state index contributed by atoms with van der Waals surface area (Å²) in [5.74, 6) is 0.162. The van der Waals surface area contributed by atoms with Crippen LogP contribution >= 0.6 is 11.6 Å². The van der Waals surface area contributed by atoms with Crippen molar-refractivity contribution in [2.45, 2.75) is 19.9 Å². The van der Waals surface area contributed by atoms with E-state index in [1.54, 1.807) is 12.1 Å². The second-order valence-electron chi connectivity index (χ2n) is 4.66. The minimum Gasteiger partial charge on any atom is -0.383 e. The van der Waals surface area contributed by atoms with E-state index in [1.807, 2.05) is 19.1 Å². The lowest BCUT2D eigenvalue weighted by atomic mass is 10.0. The van der Waals surface area contributed by atoms with E-state index >= 15 is 0 Å². The van der Waals surface area contributed by atoms with Crippen LogP contribution in [0.4, 0.5) is 11.8 Å². The zero-order valence-electron chi connectivity index (χ0n) is 11.7. The van der Waals surface area contributed by atoms with Gasteiger partial charge in [-0.2, -0.15) is 4.98 Å². The quantitative estimate of drug-likeness (QED) is 0.805. The Morgan fingerprint density at radius 2 is 1.86 bits per heavy atom. The molecule has 6 nitrogen and oxygen atoms in total. The van der Waals surface area contributed by atoms with Gasteiger partial charge >= 0.3 is 0 Å². The molecule has 0 aliphatic heterocycles. The van der Waals surface area contributed by atoms with Gasteiger partial charge in [0.05, 0.1) is 11.7 Å². The molecule has 0 saturated heterocycles. The normalized spacial score (nSPS) is 12.0. The summed E-state index contributed by atoms with van der Waals surface area (Å²) >= 11 is 5.90. The van der Waals surface area contributed by atoms with E-state index in [9.17, 15) is 4.79 Å². The number of carbonyl (C=O) groups excluding carboxylic acids is 1. The molecule has 5 N–H and O–H groups in total. The number of hydrogen-bond acceptors (Lipinski definition) is 5. The van der Waals surface area contributed by atoms with Crippen molar-refractivity contribution in [3.05, 3.63) is 35.0 Å². The Balaban J connectivity index is 2.58. The largest absolute Gasteiger partial charge is 0.383 e. The van der Waals surface area contributed by atoms with Gasteiger partial charge in [0.25, 0.3) is 0 Å². The van der Waals surface area contributed by atoms with Gasteiger partial charge in [0.1, 0.15) is 5.82 Å². The molecule has 0 saturated carbocycles. The molecule has 21 heavy (non-hydrogen) atoms. The Labute approximate surface area is 127 Å². The number of nitrogens with zero attached hydrogens (tertiary/aromatic N) is 2. The molecule has 1 heterocycles. The van der Waals surface area contributed by atoms with E-state index in [-0.39, 0.29) is 23.7 Å². The average molecular weight is 306 g/mol. The lowest BCUT2D eigenvalue weighted by Gasteiger charge is -2.18. The molecular formula is C14H16ClN5O. The molecule has 1 unspecified atom stereocenters. The Morgan fingerprint density at radius 3 is 2.43 bits per heavy atom. The van der Waals surface area contributed by atoms with Gasteiger partial charge in [0.2, 0.25) is 11.9 Å². The van der Waals surface area contributed by atoms with Gasteiger partial charge in [-0.15, -0.1) is 0 Å². The molecule has 0 bridgehead atoms. The van der Waals surface area contributed by atoms with Gasteiger partial charge in [0.15, 0.2) is 0 Å². The molecule has 0 aliphatic carbocycles. The van der Waals surface area contributed by atoms with Crippen molar-refractivity contribution in [1.82, 2.24) is 15.3 Å². The first-order valence-corrected chi connectivity index (χ1v) is 6.72. The number of nitrogen functional groups attached to an aromatic ring is 2. The van der Waals surface area contributed by atoms with Crippen molar-refractivity contribution >= 4 is 29.3 Å². The first-order chi connectivity index (χ1) is 9.88. The molecule has 0 spiro atoms. The summed E-state index contributed by atoms with van der Waals surface area (Å²) in [6.45, 7) is 3.24. The number of nitrogens with one attached hydrogen (secondary N) is 1. The van der Waals surface area contributed by atoms with Crippen LogP contribution in [0.15, 0.2) is 24.3 Å². The van der Waals surface area contributed by atoms with E-state index in [2.05, 4.69) is 15.3 Å². The smallest absolute Gasteiger partial charge is 0.222 e. The number of anilines is 2. The highest BCUT2D eigenvalue weighted by Crippen LogP contribution is 2.32. The zero-order valence-corrected chi connectivity index (χ0v) is 12.5. The zero-order chi connectivity index (χ0) is 15.6. The van der Waals surface area contributed by atoms with Crippen LogP contribution in [-0.4, -0.2) is 15.9 Å². The number of amides is 1. The number of halogens is 1. The molecule has 110 valence electrons. The molecule has 2 aromatic rings. The van der Waals surface area contributed by atoms with Crippen molar-refractivity contribution in [2.24, 2.45) is 0 Å². The number of hydrogen-bond donors (Lipinski definition) is 3.